The summed E-state index contributed by atoms with van der Waals surface area (Å²) < 4.78 is 34.6. The Labute approximate surface area is 244 Å². The number of benzene rings is 4. The predicted octanol–water partition coefficient (Wildman–Crippen LogP) is 7.15. The van der Waals surface area contributed by atoms with Gasteiger partial charge < -0.3 is 15.0 Å². The molecule has 0 aliphatic carbocycles. The van der Waals surface area contributed by atoms with E-state index in [2.05, 4.69) is 21.0 Å². The van der Waals surface area contributed by atoms with Gasteiger partial charge in [0.25, 0.3) is 15.9 Å². The first kappa shape index (κ1) is 29.3. The third-order valence-corrected chi connectivity index (χ3v) is 8.01. The van der Waals surface area contributed by atoms with Gasteiger partial charge in [-0.25, -0.2) is 8.42 Å². The maximum atomic E-state index is 13.2. The number of hydrogen-bond donors (Lipinski definition) is 2. The molecule has 40 heavy (non-hydrogen) atoms. The fourth-order valence-corrected chi connectivity index (χ4v) is 5.46. The molecule has 7 nitrogen and oxygen atoms in total. The number of nitrogens with one attached hydrogen (secondary N) is 2. The van der Waals surface area contributed by atoms with E-state index in [0.29, 0.717) is 34.6 Å². The van der Waals surface area contributed by atoms with Crippen LogP contribution in [0.2, 0.25) is 10.0 Å². The molecule has 0 spiro atoms. The van der Waals surface area contributed by atoms with Crippen LogP contribution in [0.5, 0.6) is 11.5 Å². The van der Waals surface area contributed by atoms with Crippen LogP contribution in [0.1, 0.15) is 22.8 Å². The van der Waals surface area contributed by atoms with Crippen molar-refractivity contribution in [3.63, 3.8) is 0 Å². The molecule has 0 aromatic heterocycles. The number of likely N-dealkylation sites (N-methyl/N-ethyl adjacent to an activating group) is 1. The van der Waals surface area contributed by atoms with Crippen molar-refractivity contribution in [2.45, 2.75) is 18.7 Å². The van der Waals surface area contributed by atoms with Gasteiger partial charge in [0, 0.05) is 30.3 Å². The Morgan fingerprint density at radius 3 is 2.38 bits per heavy atom. The minimum absolute atomic E-state index is 0.00272. The Morgan fingerprint density at radius 2 is 1.68 bits per heavy atom. The molecule has 4 aromatic carbocycles. The quantitative estimate of drug-likeness (QED) is 0.192. The molecule has 0 aliphatic rings. The van der Waals surface area contributed by atoms with Crippen LogP contribution < -0.4 is 19.7 Å². The van der Waals surface area contributed by atoms with Gasteiger partial charge >= 0.3 is 0 Å². The summed E-state index contributed by atoms with van der Waals surface area (Å²) in [7, 11) is -4.02. The van der Waals surface area contributed by atoms with Crippen LogP contribution in [0, 0.1) is 6.92 Å². The number of sulfonamides is 1. The van der Waals surface area contributed by atoms with Gasteiger partial charge in [-0.2, -0.15) is 0 Å². The van der Waals surface area contributed by atoms with E-state index in [1.807, 2.05) is 32.0 Å². The average Bonchev–Trinajstić information content (AvgIpc) is 2.93. The topological polar surface area (TPSA) is 87.7 Å². The van der Waals surface area contributed by atoms with E-state index in [0.717, 1.165) is 17.8 Å². The van der Waals surface area contributed by atoms with Crippen molar-refractivity contribution in [2.24, 2.45) is 0 Å². The zero-order valence-electron chi connectivity index (χ0n) is 22.0. The molecule has 0 saturated heterocycles. The second-order valence-electron chi connectivity index (χ2n) is 8.97. The number of carbonyl (C=O) groups excluding carboxylic acids is 1. The smallest absolute Gasteiger partial charge is 0.261 e. The van der Waals surface area contributed by atoms with Crippen molar-refractivity contribution in [2.75, 3.05) is 29.3 Å². The number of hydrogen-bond acceptors (Lipinski definition) is 5. The second-order valence-corrected chi connectivity index (χ2v) is 11.5. The number of para-hydroxylation sites is 1. The van der Waals surface area contributed by atoms with Crippen molar-refractivity contribution in [3.05, 3.63) is 112 Å². The van der Waals surface area contributed by atoms with Crippen LogP contribution in [-0.4, -0.2) is 34.0 Å². The Balaban J connectivity index is 1.44. The highest BCUT2D eigenvalue weighted by Gasteiger charge is 2.20. The fraction of sp³-hybridized carbons (Fsp3) is 0.167. The first-order valence-electron chi connectivity index (χ1n) is 12.6. The van der Waals surface area contributed by atoms with Crippen LogP contribution >= 0.6 is 23.2 Å². The lowest BCUT2D eigenvalue weighted by molar-refractivity contribution is 0.0955. The number of rotatable bonds is 11. The summed E-state index contributed by atoms with van der Waals surface area (Å²) in [5.74, 6) is 0.435. The van der Waals surface area contributed by atoms with Crippen molar-refractivity contribution in [1.29, 1.82) is 0 Å². The van der Waals surface area contributed by atoms with E-state index < -0.39 is 15.9 Å². The molecule has 1 amide bonds. The molecule has 4 rings (SSSR count). The van der Waals surface area contributed by atoms with Gasteiger partial charge in [0.05, 0.1) is 21.2 Å². The highest BCUT2D eigenvalue weighted by Crippen LogP contribution is 2.30. The summed E-state index contributed by atoms with van der Waals surface area (Å²) in [6.07, 6.45) is 0. The Kier molecular flexibility index (Phi) is 9.58. The van der Waals surface area contributed by atoms with Crippen LogP contribution in [0.3, 0.4) is 0 Å². The lowest BCUT2D eigenvalue weighted by Gasteiger charge is -2.23. The first-order valence-corrected chi connectivity index (χ1v) is 14.8. The zero-order chi connectivity index (χ0) is 28.7. The maximum absolute atomic E-state index is 13.2. The number of halogens is 2. The molecule has 208 valence electrons. The number of anilines is 2. The highest BCUT2D eigenvalue weighted by molar-refractivity contribution is 7.92. The number of aryl methyl sites for hydroxylation is 1. The fourth-order valence-electron chi connectivity index (χ4n) is 4.03. The first-order chi connectivity index (χ1) is 19.2. The zero-order valence-corrected chi connectivity index (χ0v) is 24.4. The normalized spacial score (nSPS) is 11.1. The van der Waals surface area contributed by atoms with Gasteiger partial charge in [0.2, 0.25) is 0 Å². The molecule has 2 N–H and O–H groups in total. The molecule has 0 bridgehead atoms. The summed E-state index contributed by atoms with van der Waals surface area (Å²) in [6, 6.07) is 25.4. The average molecular weight is 599 g/mol. The molecule has 0 saturated carbocycles. The summed E-state index contributed by atoms with van der Waals surface area (Å²) >= 11 is 12.3. The lowest BCUT2D eigenvalue weighted by Crippen LogP contribution is -2.35. The van der Waals surface area contributed by atoms with E-state index in [-0.39, 0.29) is 16.1 Å². The van der Waals surface area contributed by atoms with Gasteiger partial charge in [-0.05, 0) is 86.1 Å². The third kappa shape index (κ3) is 7.47. The molecule has 10 heteroatoms. The summed E-state index contributed by atoms with van der Waals surface area (Å²) in [4.78, 5) is 15.2. The maximum Gasteiger partial charge on any atom is 0.261 e. The Morgan fingerprint density at radius 1 is 0.925 bits per heavy atom. The molecule has 0 atom stereocenters. The Bertz CT molecular complexity index is 1600. The summed E-state index contributed by atoms with van der Waals surface area (Å²) in [5, 5.41) is 3.62. The molecule has 0 radical (unpaired) electrons. The molecule has 4 aromatic rings. The molecule has 0 heterocycles. The van der Waals surface area contributed by atoms with Gasteiger partial charge in [0.1, 0.15) is 11.5 Å². The molecular formula is C30H29Cl2N3O4S. The van der Waals surface area contributed by atoms with E-state index in [1.54, 1.807) is 24.3 Å². The number of nitrogens with zero attached hydrogens (tertiary/aromatic N) is 1. The third-order valence-electron chi connectivity index (χ3n) is 6.08. The number of amides is 1. The summed E-state index contributed by atoms with van der Waals surface area (Å²) in [5.41, 5.74) is 2.45. The number of ether oxygens (including phenoxy) is 1. The van der Waals surface area contributed by atoms with Crippen molar-refractivity contribution in [1.82, 2.24) is 5.32 Å². The second kappa shape index (κ2) is 13.1. The van der Waals surface area contributed by atoms with E-state index in [4.69, 9.17) is 27.9 Å². The van der Waals surface area contributed by atoms with Gasteiger partial charge in [0.15, 0.2) is 0 Å². The van der Waals surface area contributed by atoms with Gasteiger partial charge in [-0.1, -0.05) is 47.5 Å². The number of carbonyl (C=O) groups is 1. The molecular weight excluding hydrogens is 569 g/mol. The van der Waals surface area contributed by atoms with Gasteiger partial charge in [-0.3, -0.25) is 9.52 Å². The molecule has 0 unspecified atom stereocenters. The minimum Gasteiger partial charge on any atom is -0.456 e. The van der Waals surface area contributed by atoms with Gasteiger partial charge in [-0.15, -0.1) is 0 Å². The van der Waals surface area contributed by atoms with E-state index >= 15 is 0 Å². The largest absolute Gasteiger partial charge is 0.456 e. The predicted molar refractivity (Wildman–Crippen MR) is 162 cm³/mol. The molecule has 0 fully saturated rings. The summed E-state index contributed by atoms with van der Waals surface area (Å²) in [6.45, 7) is 5.78. The van der Waals surface area contributed by atoms with Crippen molar-refractivity contribution in [3.8, 4) is 11.5 Å². The van der Waals surface area contributed by atoms with Crippen LogP contribution in [0.4, 0.5) is 11.4 Å². The van der Waals surface area contributed by atoms with Crippen LogP contribution in [-0.2, 0) is 10.0 Å². The SMILES string of the molecule is CCN(CCNC(=O)c1cc(Cl)ccc1NS(=O)(=O)c1ccc(Oc2ccccc2Cl)cc1)c1cccc(C)c1. The standard InChI is InChI=1S/C30H29Cl2N3O4S/c1-3-35(23-8-6-7-21(2)19-23)18-17-33-30(36)26-20-22(31)11-16-28(26)34-40(37,38)25-14-12-24(13-15-25)39-29-10-5-4-9-27(29)32/h4-16,19-20,34H,3,17-18H2,1-2H3,(H,33,36). The van der Waals surface area contributed by atoms with Crippen molar-refractivity contribution < 1.29 is 17.9 Å². The highest BCUT2D eigenvalue weighted by atomic mass is 35.5. The van der Waals surface area contributed by atoms with Crippen LogP contribution in [0.15, 0.2) is 95.9 Å². The molecule has 0 aliphatic heterocycles. The lowest BCUT2D eigenvalue weighted by atomic mass is 10.1. The van der Waals surface area contributed by atoms with Crippen LogP contribution in [0.25, 0.3) is 0 Å². The van der Waals surface area contributed by atoms with E-state index in [9.17, 15) is 13.2 Å². The monoisotopic (exact) mass is 597 g/mol. The minimum atomic E-state index is -4.02. The van der Waals surface area contributed by atoms with Crippen molar-refractivity contribution >= 4 is 50.5 Å². The Hall–Kier alpha value is -3.72. The van der Waals surface area contributed by atoms with E-state index in [1.165, 1.54) is 42.5 Å².